The largest absolute Gasteiger partial charge is 0.472 e. The fourth-order valence-electron chi connectivity index (χ4n) is 5.12. The summed E-state index contributed by atoms with van der Waals surface area (Å²) in [6, 6.07) is 1.70. The molecular formula is C27H32F4N6O3. The Morgan fingerprint density at radius 3 is 2.58 bits per heavy atom. The Hall–Kier alpha value is -3.87. The molecule has 2 aliphatic rings. The van der Waals surface area contributed by atoms with Gasteiger partial charge in [0.2, 0.25) is 5.88 Å². The fraction of sp³-hybridized carbons (Fsp3) is 0.444. The molecule has 13 heteroatoms. The second-order valence-corrected chi connectivity index (χ2v) is 9.43. The van der Waals surface area contributed by atoms with Crippen LogP contribution in [0.25, 0.3) is 22.0 Å². The van der Waals surface area contributed by atoms with Crippen molar-refractivity contribution in [3.05, 3.63) is 35.0 Å². The molecule has 1 amide bonds. The van der Waals surface area contributed by atoms with Crippen LogP contribution < -0.4 is 30.7 Å². The Balaban J connectivity index is 0.00000181. The Labute approximate surface area is 229 Å². The van der Waals surface area contributed by atoms with E-state index in [4.69, 9.17) is 10.5 Å². The normalized spacial score (nSPS) is 19.8. The van der Waals surface area contributed by atoms with Crippen molar-refractivity contribution in [2.45, 2.75) is 59.4 Å². The van der Waals surface area contributed by atoms with Crippen LogP contribution >= 0.6 is 0 Å². The molecule has 5 rings (SSSR count). The molecule has 1 saturated heterocycles. The second-order valence-electron chi connectivity index (χ2n) is 9.43. The van der Waals surface area contributed by atoms with Gasteiger partial charge in [-0.3, -0.25) is 4.79 Å². The smallest absolute Gasteiger partial charge is 0.387 e. The lowest BCUT2D eigenvalue weighted by atomic mass is 9.99. The molecule has 0 saturated carbocycles. The zero-order valence-corrected chi connectivity index (χ0v) is 23.0. The highest BCUT2D eigenvalue weighted by molar-refractivity contribution is 6.06. The third kappa shape index (κ3) is 4.93. The third-order valence-corrected chi connectivity index (χ3v) is 6.90. The van der Waals surface area contributed by atoms with Crippen molar-refractivity contribution < 1.29 is 31.8 Å². The molecule has 0 bridgehead atoms. The number of aryl methyl sites for hydroxylation is 1. The van der Waals surface area contributed by atoms with E-state index in [2.05, 4.69) is 25.3 Å². The van der Waals surface area contributed by atoms with Crippen molar-refractivity contribution in [1.82, 2.24) is 20.6 Å². The average Bonchev–Trinajstić information content (AvgIpc) is 3.02. The van der Waals surface area contributed by atoms with Gasteiger partial charge in [0, 0.05) is 43.3 Å². The van der Waals surface area contributed by atoms with Crippen LogP contribution in [0.15, 0.2) is 12.1 Å². The number of hydrogen-bond acceptors (Lipinski definition) is 8. The highest BCUT2D eigenvalue weighted by Crippen LogP contribution is 2.45. The maximum absolute atomic E-state index is 16.5. The summed E-state index contributed by atoms with van der Waals surface area (Å²) >= 11 is 0. The number of amides is 1. The van der Waals surface area contributed by atoms with Gasteiger partial charge in [-0.25, -0.2) is 18.7 Å². The first-order chi connectivity index (χ1) is 19.0. The number of pyridine rings is 2. The molecule has 0 aliphatic carbocycles. The van der Waals surface area contributed by atoms with E-state index >= 15 is 4.39 Å². The highest BCUT2D eigenvalue weighted by Gasteiger charge is 2.39. The summed E-state index contributed by atoms with van der Waals surface area (Å²) in [5, 5.41) is 6.06. The number of ether oxygens (including phenoxy) is 2. The van der Waals surface area contributed by atoms with Gasteiger partial charge in [0.1, 0.15) is 23.3 Å². The van der Waals surface area contributed by atoms with Crippen molar-refractivity contribution in [1.29, 1.82) is 0 Å². The van der Waals surface area contributed by atoms with Gasteiger partial charge < -0.3 is 30.7 Å². The number of benzene rings is 1. The molecule has 3 atom stereocenters. The number of carbonyl (C=O) groups is 1. The lowest BCUT2D eigenvalue weighted by molar-refractivity contribution is -0.0517. The van der Waals surface area contributed by atoms with Crippen molar-refractivity contribution >= 4 is 28.2 Å². The van der Waals surface area contributed by atoms with E-state index < -0.39 is 47.3 Å². The van der Waals surface area contributed by atoms with Gasteiger partial charge in [-0.05, 0) is 32.4 Å². The van der Waals surface area contributed by atoms with Crippen molar-refractivity contribution in [2.75, 3.05) is 30.8 Å². The highest BCUT2D eigenvalue weighted by atomic mass is 19.3. The molecule has 40 heavy (non-hydrogen) atoms. The first-order valence-corrected chi connectivity index (χ1v) is 13.0. The Morgan fingerprint density at radius 1 is 1.23 bits per heavy atom. The number of rotatable bonds is 4. The number of aromatic nitrogens is 2. The number of nitrogens with zero attached hydrogens (tertiary/aromatic N) is 3. The summed E-state index contributed by atoms with van der Waals surface area (Å²) in [5.74, 6) is -3.39. The van der Waals surface area contributed by atoms with E-state index in [1.54, 1.807) is 0 Å². The van der Waals surface area contributed by atoms with Crippen LogP contribution in [-0.4, -0.2) is 60.8 Å². The van der Waals surface area contributed by atoms with E-state index in [0.29, 0.717) is 18.9 Å². The third-order valence-electron chi connectivity index (χ3n) is 6.90. The monoisotopic (exact) mass is 564 g/mol. The van der Waals surface area contributed by atoms with Gasteiger partial charge in [-0.1, -0.05) is 13.8 Å². The lowest BCUT2D eigenvalue weighted by Gasteiger charge is -2.41. The van der Waals surface area contributed by atoms with Crippen LogP contribution in [0.3, 0.4) is 0 Å². The molecule has 216 valence electrons. The Kier molecular flexibility index (Phi) is 8.24. The number of carbonyl (C=O) groups excluding carboxylic acids is 1. The Bertz CT molecular complexity index is 1450. The first-order valence-electron chi connectivity index (χ1n) is 13.0. The summed E-state index contributed by atoms with van der Waals surface area (Å²) in [4.78, 5) is 23.8. The molecule has 3 unspecified atom stereocenters. The predicted octanol–water partition coefficient (Wildman–Crippen LogP) is 4.40. The molecule has 9 nitrogen and oxygen atoms in total. The van der Waals surface area contributed by atoms with Crippen LogP contribution in [0.4, 0.5) is 29.1 Å². The molecule has 2 aromatic heterocycles. The number of piperazine rings is 1. The number of alkyl halides is 2. The number of nitrogen functional groups attached to an aromatic ring is 1. The molecule has 1 fully saturated rings. The summed E-state index contributed by atoms with van der Waals surface area (Å²) in [7, 11) is 1.43. The lowest BCUT2D eigenvalue weighted by Crippen LogP contribution is -2.60. The summed E-state index contributed by atoms with van der Waals surface area (Å²) in [5.41, 5.74) is 4.82. The SMILES string of the molecule is CC.CNC(=O)c1nc2c3c(nc(-c4cc(N)cc(F)c4OC(F)F)c(F)c3c1C)OC(C)C1CNC(C)CN21. The van der Waals surface area contributed by atoms with Crippen molar-refractivity contribution in [2.24, 2.45) is 0 Å². The molecular weight excluding hydrogens is 532 g/mol. The number of fused-ring (bicyclic) bond motifs is 2. The molecule has 0 spiro atoms. The molecule has 0 radical (unpaired) electrons. The quantitative estimate of drug-likeness (QED) is 0.316. The maximum Gasteiger partial charge on any atom is 0.387 e. The van der Waals surface area contributed by atoms with E-state index in [1.165, 1.54) is 14.0 Å². The second kappa shape index (κ2) is 11.3. The molecule has 4 heterocycles. The fourth-order valence-corrected chi connectivity index (χ4v) is 5.12. The van der Waals surface area contributed by atoms with Crippen LogP contribution in [0.5, 0.6) is 11.6 Å². The van der Waals surface area contributed by atoms with E-state index in [9.17, 15) is 18.0 Å². The van der Waals surface area contributed by atoms with Crippen molar-refractivity contribution in [3.8, 4) is 22.9 Å². The minimum Gasteiger partial charge on any atom is -0.472 e. The van der Waals surface area contributed by atoms with Crippen LogP contribution in [0.2, 0.25) is 0 Å². The molecule has 4 N–H and O–H groups in total. The predicted molar refractivity (Wildman–Crippen MR) is 144 cm³/mol. The van der Waals surface area contributed by atoms with E-state index in [0.717, 1.165) is 12.1 Å². The molecule has 1 aromatic carbocycles. The molecule has 2 aliphatic heterocycles. The summed E-state index contributed by atoms with van der Waals surface area (Å²) in [6.07, 6.45) is -0.476. The van der Waals surface area contributed by atoms with Crippen LogP contribution in [0.1, 0.15) is 43.7 Å². The van der Waals surface area contributed by atoms with Gasteiger partial charge in [0.25, 0.3) is 5.91 Å². The zero-order chi connectivity index (χ0) is 29.5. The van der Waals surface area contributed by atoms with Gasteiger partial charge in [-0.15, -0.1) is 0 Å². The molecule has 3 aromatic rings. The van der Waals surface area contributed by atoms with E-state index in [1.807, 2.05) is 32.6 Å². The number of anilines is 2. The number of halogens is 4. The van der Waals surface area contributed by atoms with E-state index in [-0.39, 0.29) is 45.7 Å². The van der Waals surface area contributed by atoms with Gasteiger partial charge >= 0.3 is 6.61 Å². The van der Waals surface area contributed by atoms with Crippen LogP contribution in [0, 0.1) is 18.6 Å². The van der Waals surface area contributed by atoms with Gasteiger partial charge in [0.15, 0.2) is 17.4 Å². The van der Waals surface area contributed by atoms with Crippen LogP contribution in [-0.2, 0) is 0 Å². The summed E-state index contributed by atoms with van der Waals surface area (Å²) in [6.45, 7) is 6.93. The van der Waals surface area contributed by atoms with Gasteiger partial charge in [-0.2, -0.15) is 8.78 Å². The number of hydrogen-bond donors (Lipinski definition) is 3. The Morgan fingerprint density at radius 2 is 1.93 bits per heavy atom. The average molecular weight is 565 g/mol. The van der Waals surface area contributed by atoms with Gasteiger partial charge in [0.05, 0.1) is 17.0 Å². The maximum atomic E-state index is 16.5. The standard InChI is InChI=1S/C25H26F4N6O3.C2H6/c1-9-8-35-15(7-32-9)11(3)37-24-17-16(10(2)19(23(36)31-4)33-22(17)35)18(27)20(34-24)13-5-12(30)6-14(26)21(13)38-25(28)29;1-2/h5-6,9,11,15,25,32H,7-8,30H2,1-4H3,(H,31,36);1-2H3. The van der Waals surface area contributed by atoms with Crippen molar-refractivity contribution in [3.63, 3.8) is 0 Å². The zero-order valence-electron chi connectivity index (χ0n) is 23.0. The number of nitrogens with two attached hydrogens (primary N) is 1. The first kappa shape index (κ1) is 29.1. The minimum absolute atomic E-state index is 0.0284. The summed E-state index contributed by atoms with van der Waals surface area (Å²) < 4.78 is 68.2. The topological polar surface area (TPSA) is 115 Å². The number of nitrogens with one attached hydrogen (secondary N) is 2. The minimum atomic E-state index is -3.39.